The summed E-state index contributed by atoms with van der Waals surface area (Å²) in [5.41, 5.74) is 3.88. The second-order valence-corrected chi connectivity index (χ2v) is 6.19. The van der Waals surface area contributed by atoms with Gasteiger partial charge in [0.2, 0.25) is 0 Å². The number of fused-ring (bicyclic) bond motifs is 1. The lowest BCUT2D eigenvalue weighted by Crippen LogP contribution is -2.15. The van der Waals surface area contributed by atoms with E-state index in [4.69, 9.17) is 4.74 Å². The van der Waals surface area contributed by atoms with Gasteiger partial charge in [-0.2, -0.15) is 0 Å². The molecule has 3 nitrogen and oxygen atoms in total. The summed E-state index contributed by atoms with van der Waals surface area (Å²) in [7, 11) is 0. The predicted octanol–water partition coefficient (Wildman–Crippen LogP) is 5.14. The standard InChI is InChI=1S/C22H19NO2/c24-22-19-14-8-7-13-18(19)21(25-22)15-20(16-9-3-1-4-10-16)23-17-11-5-2-6-12-17/h1-14,20-21,23H,15H2/t20-,21-/m0/s1. The van der Waals surface area contributed by atoms with Crippen LogP contribution >= 0.6 is 0 Å². The van der Waals surface area contributed by atoms with E-state index in [9.17, 15) is 4.79 Å². The van der Waals surface area contributed by atoms with Gasteiger partial charge in [-0.15, -0.1) is 0 Å². The number of carbonyl (C=O) groups is 1. The Morgan fingerprint density at radius 1 is 0.840 bits per heavy atom. The van der Waals surface area contributed by atoms with E-state index in [-0.39, 0.29) is 18.1 Å². The number of hydrogen-bond donors (Lipinski definition) is 1. The van der Waals surface area contributed by atoms with E-state index < -0.39 is 0 Å². The number of ether oxygens (including phenoxy) is 1. The van der Waals surface area contributed by atoms with Crippen LogP contribution in [0, 0.1) is 0 Å². The first-order valence-electron chi connectivity index (χ1n) is 8.48. The molecule has 0 radical (unpaired) electrons. The summed E-state index contributed by atoms with van der Waals surface area (Å²) in [5, 5.41) is 3.58. The maximum absolute atomic E-state index is 12.1. The van der Waals surface area contributed by atoms with E-state index in [2.05, 4.69) is 17.4 Å². The molecule has 0 aromatic heterocycles. The highest BCUT2D eigenvalue weighted by Gasteiger charge is 2.32. The van der Waals surface area contributed by atoms with Crippen molar-refractivity contribution in [3.63, 3.8) is 0 Å². The number of nitrogens with one attached hydrogen (secondary N) is 1. The fourth-order valence-electron chi connectivity index (χ4n) is 3.31. The van der Waals surface area contributed by atoms with Crippen LogP contribution in [0.5, 0.6) is 0 Å². The third-order valence-corrected chi connectivity index (χ3v) is 4.54. The van der Waals surface area contributed by atoms with Crippen LogP contribution in [0.3, 0.4) is 0 Å². The number of carbonyl (C=O) groups excluding carboxylic acids is 1. The molecule has 0 saturated carbocycles. The number of hydrogen-bond acceptors (Lipinski definition) is 3. The van der Waals surface area contributed by atoms with Crippen molar-refractivity contribution in [2.45, 2.75) is 18.6 Å². The Bertz CT molecular complexity index is 861. The summed E-state index contributed by atoms with van der Waals surface area (Å²) < 4.78 is 5.64. The summed E-state index contributed by atoms with van der Waals surface area (Å²) in [4.78, 5) is 12.1. The molecular formula is C22H19NO2. The molecule has 0 spiro atoms. The van der Waals surface area contributed by atoms with Crippen molar-refractivity contribution in [2.75, 3.05) is 5.32 Å². The Balaban J connectivity index is 1.62. The number of benzene rings is 3. The first kappa shape index (κ1) is 15.5. The molecule has 124 valence electrons. The van der Waals surface area contributed by atoms with Gasteiger partial charge in [-0.05, 0) is 23.8 Å². The lowest BCUT2D eigenvalue weighted by atomic mass is 9.95. The van der Waals surface area contributed by atoms with E-state index in [1.807, 2.05) is 72.8 Å². The fraction of sp³-hybridized carbons (Fsp3) is 0.136. The normalized spacial score (nSPS) is 16.8. The highest BCUT2D eigenvalue weighted by atomic mass is 16.5. The zero-order valence-electron chi connectivity index (χ0n) is 13.8. The molecule has 1 aliphatic rings. The molecule has 3 heteroatoms. The minimum atomic E-state index is -0.231. The van der Waals surface area contributed by atoms with Gasteiger partial charge in [0, 0.05) is 17.7 Å². The summed E-state index contributed by atoms with van der Waals surface area (Å²) in [6.07, 6.45) is 0.451. The second kappa shape index (κ2) is 6.81. The molecule has 2 atom stereocenters. The number of rotatable bonds is 5. The predicted molar refractivity (Wildman–Crippen MR) is 98.5 cm³/mol. The van der Waals surface area contributed by atoms with E-state index in [0.29, 0.717) is 12.0 Å². The Hall–Kier alpha value is -3.07. The smallest absolute Gasteiger partial charge is 0.339 e. The summed E-state index contributed by atoms with van der Waals surface area (Å²) >= 11 is 0. The number of para-hydroxylation sites is 1. The van der Waals surface area contributed by atoms with Gasteiger partial charge in [-0.1, -0.05) is 66.7 Å². The van der Waals surface area contributed by atoms with Gasteiger partial charge in [0.1, 0.15) is 6.10 Å². The topological polar surface area (TPSA) is 38.3 Å². The highest BCUT2D eigenvalue weighted by Crippen LogP contribution is 2.38. The second-order valence-electron chi connectivity index (χ2n) is 6.19. The number of anilines is 1. The minimum absolute atomic E-state index is 0.0487. The largest absolute Gasteiger partial charge is 0.454 e. The molecule has 25 heavy (non-hydrogen) atoms. The van der Waals surface area contributed by atoms with Crippen molar-refractivity contribution in [2.24, 2.45) is 0 Å². The van der Waals surface area contributed by atoms with Crippen molar-refractivity contribution >= 4 is 11.7 Å². The summed E-state index contributed by atoms with van der Waals surface area (Å²) in [6.45, 7) is 0. The first-order chi connectivity index (χ1) is 12.3. The molecule has 0 aliphatic carbocycles. The van der Waals surface area contributed by atoms with Gasteiger partial charge >= 0.3 is 5.97 Å². The average molecular weight is 329 g/mol. The van der Waals surface area contributed by atoms with Gasteiger partial charge in [0.15, 0.2) is 0 Å². The maximum Gasteiger partial charge on any atom is 0.339 e. The zero-order chi connectivity index (χ0) is 17.1. The first-order valence-corrected chi connectivity index (χ1v) is 8.48. The molecule has 1 aliphatic heterocycles. The molecular weight excluding hydrogens is 310 g/mol. The van der Waals surface area contributed by atoms with Crippen molar-refractivity contribution in [3.05, 3.63) is 102 Å². The van der Waals surface area contributed by atoms with E-state index in [0.717, 1.165) is 11.3 Å². The van der Waals surface area contributed by atoms with E-state index in [1.54, 1.807) is 0 Å². The van der Waals surface area contributed by atoms with Gasteiger partial charge < -0.3 is 10.1 Å². The Morgan fingerprint density at radius 2 is 1.48 bits per heavy atom. The summed E-state index contributed by atoms with van der Waals surface area (Å²) in [6, 6.07) is 28.1. The Labute approximate surface area is 147 Å². The van der Waals surface area contributed by atoms with Crippen LogP contribution in [-0.2, 0) is 4.74 Å². The van der Waals surface area contributed by atoms with Crippen LogP contribution in [0.2, 0.25) is 0 Å². The molecule has 4 rings (SSSR count). The Morgan fingerprint density at radius 3 is 2.24 bits per heavy atom. The molecule has 0 amide bonds. The molecule has 3 aromatic rings. The minimum Gasteiger partial charge on any atom is -0.454 e. The monoisotopic (exact) mass is 329 g/mol. The van der Waals surface area contributed by atoms with Gasteiger partial charge in [-0.3, -0.25) is 0 Å². The zero-order valence-corrected chi connectivity index (χ0v) is 13.8. The Kier molecular flexibility index (Phi) is 4.21. The lowest BCUT2D eigenvalue weighted by Gasteiger charge is -2.23. The molecule has 0 saturated heterocycles. The number of cyclic esters (lactones) is 1. The van der Waals surface area contributed by atoms with Crippen molar-refractivity contribution in [3.8, 4) is 0 Å². The van der Waals surface area contributed by atoms with Crippen molar-refractivity contribution in [1.82, 2.24) is 0 Å². The van der Waals surface area contributed by atoms with Crippen molar-refractivity contribution < 1.29 is 9.53 Å². The van der Waals surface area contributed by atoms with E-state index >= 15 is 0 Å². The molecule has 1 N–H and O–H groups in total. The lowest BCUT2D eigenvalue weighted by molar-refractivity contribution is 0.0358. The van der Waals surface area contributed by atoms with Crippen LogP contribution in [0.4, 0.5) is 5.69 Å². The van der Waals surface area contributed by atoms with Crippen LogP contribution < -0.4 is 5.32 Å². The third kappa shape index (κ3) is 3.26. The molecule has 0 fully saturated rings. The summed E-state index contributed by atoms with van der Waals surface area (Å²) in [5.74, 6) is -0.230. The van der Waals surface area contributed by atoms with Gasteiger partial charge in [-0.25, -0.2) is 4.79 Å². The van der Waals surface area contributed by atoms with Gasteiger partial charge in [0.05, 0.1) is 11.6 Å². The van der Waals surface area contributed by atoms with Crippen LogP contribution in [0.25, 0.3) is 0 Å². The average Bonchev–Trinajstić information content (AvgIpc) is 2.99. The SMILES string of the molecule is O=C1O[C@@H](C[C@H](Nc2ccccc2)c2ccccc2)c2ccccc21. The molecule has 0 bridgehead atoms. The molecule has 3 aromatic carbocycles. The fourth-order valence-corrected chi connectivity index (χ4v) is 3.31. The molecule has 1 heterocycles. The van der Waals surface area contributed by atoms with Crippen LogP contribution in [0.1, 0.15) is 40.1 Å². The quantitative estimate of drug-likeness (QED) is 0.659. The highest BCUT2D eigenvalue weighted by molar-refractivity contribution is 5.94. The third-order valence-electron chi connectivity index (χ3n) is 4.54. The maximum atomic E-state index is 12.1. The van der Waals surface area contributed by atoms with Crippen LogP contribution in [-0.4, -0.2) is 5.97 Å². The van der Waals surface area contributed by atoms with Crippen molar-refractivity contribution in [1.29, 1.82) is 0 Å². The number of esters is 1. The van der Waals surface area contributed by atoms with Gasteiger partial charge in [0.25, 0.3) is 0 Å². The van der Waals surface area contributed by atoms with Crippen LogP contribution in [0.15, 0.2) is 84.9 Å². The van der Waals surface area contributed by atoms with E-state index in [1.165, 1.54) is 5.56 Å². The molecule has 0 unspecified atom stereocenters.